The fourth-order valence-corrected chi connectivity index (χ4v) is 4.21. The fraction of sp³-hybridized carbons (Fsp3) is 0.200. The van der Waals surface area contributed by atoms with Crippen molar-refractivity contribution in [1.29, 1.82) is 0 Å². The molecule has 2 aliphatic carbocycles. The lowest BCUT2D eigenvalue weighted by Crippen LogP contribution is -1.97. The summed E-state index contributed by atoms with van der Waals surface area (Å²) in [4.78, 5) is -0.0293. The van der Waals surface area contributed by atoms with Gasteiger partial charge < -0.3 is 10.2 Å². The van der Waals surface area contributed by atoms with Gasteiger partial charge in [-0.15, -0.1) is 0 Å². The molecule has 5 nitrogen and oxygen atoms in total. The molecule has 1 unspecified atom stereocenters. The highest BCUT2D eigenvalue weighted by Crippen LogP contribution is 2.57. The first kappa shape index (κ1) is 13.7. The molecule has 7 heteroatoms. The van der Waals surface area contributed by atoms with Gasteiger partial charge in [-0.25, -0.2) is 8.42 Å². The van der Waals surface area contributed by atoms with Crippen LogP contribution in [0.3, 0.4) is 0 Å². The van der Waals surface area contributed by atoms with Crippen LogP contribution in [0, 0.1) is 0 Å². The molecule has 2 bridgehead atoms. The summed E-state index contributed by atoms with van der Waals surface area (Å²) in [6, 6.07) is 5.68. The van der Waals surface area contributed by atoms with E-state index in [0.717, 1.165) is 17.5 Å². The zero-order chi connectivity index (χ0) is 15.6. The molecule has 2 N–H and O–H groups in total. The number of halogens is 1. The van der Waals surface area contributed by atoms with Crippen molar-refractivity contribution in [3.05, 3.63) is 47.5 Å². The second kappa shape index (κ2) is 4.30. The van der Waals surface area contributed by atoms with Gasteiger partial charge >= 0.3 is 0 Å². The maximum absolute atomic E-state index is 11.3. The topological polar surface area (TPSA) is 79.5 Å². The SMILES string of the molecule is O=S(=O)(Cl)c1ccc(-n2c(O)c3c(c2O)[C@@H]2C=CC3C2)cc1. The van der Waals surface area contributed by atoms with Crippen LogP contribution < -0.4 is 0 Å². The van der Waals surface area contributed by atoms with Crippen LogP contribution in [-0.2, 0) is 9.05 Å². The minimum atomic E-state index is -3.80. The van der Waals surface area contributed by atoms with E-state index in [0.29, 0.717) is 5.69 Å². The minimum Gasteiger partial charge on any atom is -0.494 e. The van der Waals surface area contributed by atoms with Crippen molar-refractivity contribution >= 4 is 19.7 Å². The number of fused-ring (bicyclic) bond motifs is 5. The van der Waals surface area contributed by atoms with E-state index >= 15 is 0 Å². The third-order valence-electron chi connectivity index (χ3n) is 4.40. The Morgan fingerprint density at radius 3 is 1.95 bits per heavy atom. The van der Waals surface area contributed by atoms with Gasteiger partial charge in [0.05, 0.1) is 10.6 Å². The van der Waals surface area contributed by atoms with Gasteiger partial charge in [-0.2, -0.15) is 0 Å². The normalized spacial score (nSPS) is 22.2. The second-order valence-electron chi connectivity index (χ2n) is 5.58. The molecule has 1 heterocycles. The second-order valence-corrected chi connectivity index (χ2v) is 8.14. The van der Waals surface area contributed by atoms with Crippen molar-refractivity contribution in [1.82, 2.24) is 4.57 Å². The van der Waals surface area contributed by atoms with Crippen molar-refractivity contribution in [3.63, 3.8) is 0 Å². The summed E-state index contributed by atoms with van der Waals surface area (Å²) in [5.74, 6) is 0.279. The zero-order valence-electron chi connectivity index (χ0n) is 11.3. The maximum atomic E-state index is 11.3. The van der Waals surface area contributed by atoms with E-state index in [1.807, 2.05) is 12.2 Å². The van der Waals surface area contributed by atoms with Crippen LogP contribution in [0.4, 0.5) is 0 Å². The van der Waals surface area contributed by atoms with Crippen molar-refractivity contribution in [3.8, 4) is 17.4 Å². The Balaban J connectivity index is 1.85. The van der Waals surface area contributed by atoms with E-state index in [1.54, 1.807) is 0 Å². The molecule has 2 aliphatic rings. The number of hydrogen-bond acceptors (Lipinski definition) is 4. The Morgan fingerprint density at radius 1 is 1.00 bits per heavy atom. The maximum Gasteiger partial charge on any atom is 0.261 e. The van der Waals surface area contributed by atoms with E-state index in [9.17, 15) is 18.6 Å². The van der Waals surface area contributed by atoms with Gasteiger partial charge in [-0.3, -0.25) is 4.57 Å². The van der Waals surface area contributed by atoms with Crippen molar-refractivity contribution in [2.75, 3.05) is 0 Å². The predicted molar refractivity (Wildman–Crippen MR) is 81.4 cm³/mol. The lowest BCUT2D eigenvalue weighted by Gasteiger charge is -2.10. The first-order valence-electron chi connectivity index (χ1n) is 6.78. The van der Waals surface area contributed by atoms with Crippen LogP contribution in [0.25, 0.3) is 5.69 Å². The van der Waals surface area contributed by atoms with Crippen molar-refractivity contribution < 1.29 is 18.6 Å². The Morgan fingerprint density at radius 2 is 1.50 bits per heavy atom. The lowest BCUT2D eigenvalue weighted by atomic mass is 10.0. The molecular weight excluding hydrogens is 326 g/mol. The van der Waals surface area contributed by atoms with Crippen LogP contribution >= 0.6 is 10.7 Å². The summed E-state index contributed by atoms with van der Waals surface area (Å²) in [5.41, 5.74) is 2.01. The molecule has 0 aliphatic heterocycles. The number of rotatable bonds is 2. The quantitative estimate of drug-likeness (QED) is 0.652. The standard InChI is InChI=1S/C15H12ClNO4S/c16-22(20,21)11-5-3-10(4-6-11)17-14(18)12-8-1-2-9(7-8)13(12)15(17)19/h1-6,8-9,18-19H,7H2/t8-,9?/m1/s1. The fourth-order valence-electron chi connectivity index (χ4n) is 3.44. The largest absolute Gasteiger partial charge is 0.494 e. The van der Waals surface area contributed by atoms with Gasteiger partial charge in [0, 0.05) is 33.6 Å². The third-order valence-corrected chi connectivity index (χ3v) is 5.77. The average molecular weight is 338 g/mol. The number of hydrogen-bond donors (Lipinski definition) is 2. The Labute approximate surface area is 131 Å². The summed E-state index contributed by atoms with van der Waals surface area (Å²) in [6.07, 6.45) is 4.97. The van der Waals surface area contributed by atoms with Gasteiger partial charge in [-0.1, -0.05) is 12.2 Å². The Bertz CT molecular complexity index is 877. The first-order chi connectivity index (χ1) is 10.4. The summed E-state index contributed by atoms with van der Waals surface area (Å²) in [5, 5.41) is 20.9. The van der Waals surface area contributed by atoms with Gasteiger partial charge in [0.15, 0.2) is 0 Å². The summed E-state index contributed by atoms with van der Waals surface area (Å²) in [6.45, 7) is 0. The Hall–Kier alpha value is -1.92. The lowest BCUT2D eigenvalue weighted by molar-refractivity contribution is 0.395. The number of aromatic hydroxyl groups is 2. The molecule has 0 radical (unpaired) electrons. The van der Waals surface area contributed by atoms with Crippen LogP contribution in [0.15, 0.2) is 41.3 Å². The number of allylic oxidation sites excluding steroid dienone is 2. The Kier molecular flexibility index (Phi) is 2.68. The highest BCUT2D eigenvalue weighted by Gasteiger charge is 2.41. The molecular formula is C15H12ClNO4S. The molecule has 1 aromatic carbocycles. The highest BCUT2D eigenvalue weighted by molar-refractivity contribution is 8.13. The molecule has 0 saturated carbocycles. The van der Waals surface area contributed by atoms with Crippen LogP contribution in [-0.4, -0.2) is 23.2 Å². The first-order valence-corrected chi connectivity index (χ1v) is 9.08. The molecule has 2 aromatic rings. The zero-order valence-corrected chi connectivity index (χ0v) is 12.8. The molecule has 0 saturated heterocycles. The summed E-state index contributed by atoms with van der Waals surface area (Å²) < 4.78 is 23.9. The molecule has 2 atom stereocenters. The van der Waals surface area contributed by atoms with E-state index < -0.39 is 9.05 Å². The van der Waals surface area contributed by atoms with E-state index in [4.69, 9.17) is 10.7 Å². The predicted octanol–water partition coefficient (Wildman–Crippen LogP) is 2.96. The monoisotopic (exact) mass is 337 g/mol. The summed E-state index contributed by atoms with van der Waals surface area (Å²) >= 11 is 0. The average Bonchev–Trinajstić information content (AvgIpc) is 3.12. The van der Waals surface area contributed by atoms with Crippen LogP contribution in [0.5, 0.6) is 11.8 Å². The number of aromatic nitrogens is 1. The molecule has 114 valence electrons. The van der Waals surface area contributed by atoms with Gasteiger partial charge in [0.2, 0.25) is 11.8 Å². The van der Waals surface area contributed by atoms with Crippen molar-refractivity contribution in [2.45, 2.75) is 23.2 Å². The minimum absolute atomic E-state index is 0.00540. The molecule has 22 heavy (non-hydrogen) atoms. The number of nitrogens with zero attached hydrogens (tertiary/aromatic N) is 1. The van der Waals surface area contributed by atoms with Crippen LogP contribution in [0.1, 0.15) is 29.4 Å². The van der Waals surface area contributed by atoms with Gasteiger partial charge in [0.25, 0.3) is 9.05 Å². The summed E-state index contributed by atoms with van der Waals surface area (Å²) in [7, 11) is 1.49. The molecule has 0 amide bonds. The smallest absolute Gasteiger partial charge is 0.261 e. The van der Waals surface area contributed by atoms with E-state index in [2.05, 4.69) is 0 Å². The van der Waals surface area contributed by atoms with Crippen LogP contribution in [0.2, 0.25) is 0 Å². The van der Waals surface area contributed by atoms with Crippen molar-refractivity contribution in [2.24, 2.45) is 0 Å². The van der Waals surface area contributed by atoms with Gasteiger partial charge in [-0.05, 0) is 30.7 Å². The molecule has 0 fully saturated rings. The van der Waals surface area contributed by atoms with Gasteiger partial charge in [0.1, 0.15) is 0 Å². The number of benzene rings is 1. The molecule has 0 spiro atoms. The highest BCUT2D eigenvalue weighted by atomic mass is 35.7. The molecule has 4 rings (SSSR count). The van der Waals surface area contributed by atoms with E-state index in [1.165, 1.54) is 28.8 Å². The van der Waals surface area contributed by atoms with E-state index in [-0.39, 0.29) is 28.5 Å². The molecule has 1 aromatic heterocycles. The third kappa shape index (κ3) is 1.74.